The highest BCUT2D eigenvalue weighted by molar-refractivity contribution is 7.99. The summed E-state index contributed by atoms with van der Waals surface area (Å²) in [7, 11) is 2.15. The molecule has 0 spiro atoms. The van der Waals surface area contributed by atoms with Crippen LogP contribution >= 0.6 is 23.1 Å². The summed E-state index contributed by atoms with van der Waals surface area (Å²) in [5.74, 6) is 0.949. The topological polar surface area (TPSA) is 112 Å². The van der Waals surface area contributed by atoms with Crippen molar-refractivity contribution in [1.29, 1.82) is 0 Å². The minimum absolute atomic E-state index is 0.275. The Morgan fingerprint density at radius 1 is 1.15 bits per heavy atom. The van der Waals surface area contributed by atoms with Crippen LogP contribution < -0.4 is 10.5 Å². The molecule has 1 saturated heterocycles. The average molecular weight is 482 g/mol. The molecule has 4 heterocycles. The Balaban J connectivity index is 1.40. The van der Waals surface area contributed by atoms with E-state index in [4.69, 9.17) is 15.6 Å². The van der Waals surface area contributed by atoms with E-state index in [2.05, 4.69) is 45.3 Å². The number of hydrogen-bond acceptors (Lipinski definition) is 9. The Kier molecular flexibility index (Phi) is 5.19. The third-order valence-electron chi connectivity index (χ3n) is 6.28. The molecule has 0 unspecified atom stereocenters. The van der Waals surface area contributed by atoms with Gasteiger partial charge in [-0.2, -0.15) is 9.61 Å². The van der Waals surface area contributed by atoms with Crippen molar-refractivity contribution in [3.63, 3.8) is 0 Å². The van der Waals surface area contributed by atoms with Gasteiger partial charge in [-0.05, 0) is 93.3 Å². The second kappa shape index (κ2) is 8.23. The Morgan fingerprint density at radius 2 is 1.97 bits per heavy atom. The molecule has 0 bridgehead atoms. The summed E-state index contributed by atoms with van der Waals surface area (Å²) in [5, 5.41) is 14.5. The predicted molar refractivity (Wildman–Crippen MR) is 126 cm³/mol. The summed E-state index contributed by atoms with van der Waals surface area (Å²) >= 11 is 2.88. The average Bonchev–Trinajstić information content (AvgIpc) is 3.46. The minimum atomic E-state index is -0.850. The second-order valence-corrected chi connectivity index (χ2v) is 10.8. The van der Waals surface area contributed by atoms with Gasteiger partial charge < -0.3 is 15.4 Å². The number of hydrogen-bond donors (Lipinski definition) is 1. The molecule has 170 valence electrons. The van der Waals surface area contributed by atoms with Crippen LogP contribution in [0.25, 0.3) is 15.9 Å². The number of likely N-dealkylation sites (tertiary alicyclic amines) is 1. The summed E-state index contributed by atoms with van der Waals surface area (Å²) in [4.78, 5) is 19.3. The highest BCUT2D eigenvalue weighted by atomic mass is 32.2. The van der Waals surface area contributed by atoms with Gasteiger partial charge in [0.1, 0.15) is 0 Å². The first-order valence-corrected chi connectivity index (χ1v) is 12.7. The zero-order valence-electron chi connectivity index (χ0n) is 18.1. The van der Waals surface area contributed by atoms with Gasteiger partial charge in [0.25, 0.3) is 5.19 Å². The number of ether oxygens (including phenoxy) is 1. The van der Waals surface area contributed by atoms with Crippen molar-refractivity contribution in [1.82, 2.24) is 29.7 Å². The van der Waals surface area contributed by atoms with E-state index >= 15 is 0 Å². The number of fused-ring (bicyclic) bond motifs is 2. The van der Waals surface area contributed by atoms with E-state index in [-0.39, 0.29) is 5.19 Å². The van der Waals surface area contributed by atoms with Crippen LogP contribution in [-0.4, -0.2) is 55.9 Å². The predicted octanol–water partition coefficient (Wildman–Crippen LogP) is 4.03. The molecule has 2 N–H and O–H groups in total. The maximum atomic E-state index is 11.3. The largest absolute Gasteiger partial charge is 0.411 e. The number of primary amides is 1. The van der Waals surface area contributed by atoms with E-state index in [1.54, 1.807) is 11.8 Å². The second-order valence-electron chi connectivity index (χ2n) is 8.72. The zero-order chi connectivity index (χ0) is 22.5. The Morgan fingerprint density at radius 3 is 2.73 bits per heavy atom. The van der Waals surface area contributed by atoms with Crippen molar-refractivity contribution in [2.75, 3.05) is 20.1 Å². The van der Waals surface area contributed by atoms with E-state index in [9.17, 15) is 4.79 Å². The zero-order valence-corrected chi connectivity index (χ0v) is 19.7. The third-order valence-corrected chi connectivity index (χ3v) is 8.07. The van der Waals surface area contributed by atoms with E-state index in [1.807, 2.05) is 10.6 Å². The lowest BCUT2D eigenvalue weighted by Gasteiger charge is -2.29. The summed E-state index contributed by atoms with van der Waals surface area (Å²) in [6.45, 7) is 2.09. The summed E-state index contributed by atoms with van der Waals surface area (Å²) in [6, 6.07) is 8.30. The number of aromatic nitrogens is 5. The molecule has 4 aromatic rings. The molecule has 1 aromatic carbocycles. The molecule has 9 nitrogen and oxygen atoms in total. The van der Waals surface area contributed by atoms with Gasteiger partial charge in [0.2, 0.25) is 5.16 Å². The lowest BCUT2D eigenvalue weighted by Crippen LogP contribution is -2.29. The monoisotopic (exact) mass is 481 g/mol. The molecule has 1 aliphatic carbocycles. The molecule has 2 fully saturated rings. The van der Waals surface area contributed by atoms with Crippen LogP contribution in [0.4, 0.5) is 4.79 Å². The van der Waals surface area contributed by atoms with Gasteiger partial charge in [0.15, 0.2) is 5.65 Å². The number of thiazole rings is 1. The highest BCUT2D eigenvalue weighted by Gasteiger charge is 2.27. The number of amides is 1. The first-order chi connectivity index (χ1) is 16.0. The number of carbonyl (C=O) groups is 1. The maximum Gasteiger partial charge on any atom is 0.411 e. The molecule has 1 amide bonds. The number of benzene rings is 1. The Hall–Kier alpha value is -2.76. The van der Waals surface area contributed by atoms with Crippen LogP contribution in [0.15, 0.2) is 34.3 Å². The third kappa shape index (κ3) is 4.16. The quantitative estimate of drug-likeness (QED) is 0.455. The molecule has 0 atom stereocenters. The van der Waals surface area contributed by atoms with Gasteiger partial charge in [-0.1, -0.05) is 11.3 Å². The molecule has 1 aliphatic heterocycles. The van der Waals surface area contributed by atoms with Crippen molar-refractivity contribution in [2.24, 2.45) is 5.73 Å². The SMILES string of the molecule is CN1CCC(c2cc(Sc3nnc4ccc(C5CC5)nn34)cc3sc(OC(N)=O)nc23)CC1. The van der Waals surface area contributed by atoms with Crippen molar-refractivity contribution >= 4 is 45.1 Å². The van der Waals surface area contributed by atoms with Crippen LogP contribution in [0.2, 0.25) is 0 Å². The summed E-state index contributed by atoms with van der Waals surface area (Å²) in [5.41, 5.74) is 9.13. The first-order valence-electron chi connectivity index (χ1n) is 11.0. The molecular formula is C22H23N7O2S2. The highest BCUT2D eigenvalue weighted by Crippen LogP contribution is 2.42. The normalized spacial score (nSPS) is 17.7. The molecule has 0 radical (unpaired) electrons. The number of rotatable bonds is 5. The fourth-order valence-corrected chi connectivity index (χ4v) is 6.22. The number of piperidine rings is 1. The number of nitrogens with two attached hydrogens (primary N) is 1. The van der Waals surface area contributed by atoms with Crippen LogP contribution in [0.3, 0.4) is 0 Å². The van der Waals surface area contributed by atoms with Crippen molar-refractivity contribution < 1.29 is 9.53 Å². The maximum absolute atomic E-state index is 11.3. The molecule has 6 rings (SSSR count). The fourth-order valence-electron chi connectivity index (χ4n) is 4.38. The van der Waals surface area contributed by atoms with Crippen molar-refractivity contribution in [3.05, 3.63) is 35.5 Å². The lowest BCUT2D eigenvalue weighted by atomic mass is 9.89. The molecule has 3 aromatic heterocycles. The van der Waals surface area contributed by atoms with Gasteiger partial charge in [-0.25, -0.2) is 9.78 Å². The molecular weight excluding hydrogens is 458 g/mol. The van der Waals surface area contributed by atoms with Crippen molar-refractivity contribution in [2.45, 2.75) is 47.6 Å². The van der Waals surface area contributed by atoms with Crippen LogP contribution in [-0.2, 0) is 0 Å². The standard InChI is InChI=1S/C22H23N7O2S2/c1-28-8-6-12(7-9-28)15-10-14(11-17-19(15)24-22(33-17)31-20(23)30)32-21-26-25-18-5-4-16(13-2-3-13)27-29(18)21/h4-5,10-13H,2-3,6-9H2,1H3,(H2,23,30). The minimum Gasteiger partial charge on any atom is -0.381 e. The first kappa shape index (κ1) is 20.8. The van der Waals surface area contributed by atoms with Gasteiger partial charge >= 0.3 is 6.09 Å². The molecule has 11 heteroatoms. The van der Waals surface area contributed by atoms with Crippen LogP contribution in [0.1, 0.15) is 48.8 Å². The van der Waals surface area contributed by atoms with Gasteiger partial charge in [0.05, 0.1) is 15.9 Å². The number of nitrogens with zero attached hydrogens (tertiary/aromatic N) is 6. The van der Waals surface area contributed by atoms with Crippen LogP contribution in [0.5, 0.6) is 5.19 Å². The van der Waals surface area contributed by atoms with Gasteiger partial charge in [-0.15, -0.1) is 10.2 Å². The van der Waals surface area contributed by atoms with E-state index in [0.717, 1.165) is 57.5 Å². The smallest absolute Gasteiger partial charge is 0.381 e. The van der Waals surface area contributed by atoms with Crippen LogP contribution in [0, 0.1) is 0 Å². The fraction of sp³-hybridized carbons (Fsp3) is 0.409. The molecule has 33 heavy (non-hydrogen) atoms. The summed E-state index contributed by atoms with van der Waals surface area (Å²) < 4.78 is 7.90. The van der Waals surface area contributed by atoms with Crippen molar-refractivity contribution in [3.8, 4) is 5.19 Å². The van der Waals surface area contributed by atoms with E-state index in [1.165, 1.54) is 29.7 Å². The Bertz CT molecular complexity index is 1360. The lowest BCUT2D eigenvalue weighted by molar-refractivity contribution is 0.211. The van der Waals surface area contributed by atoms with E-state index in [0.29, 0.717) is 11.8 Å². The van der Waals surface area contributed by atoms with Gasteiger partial charge in [0, 0.05) is 10.8 Å². The molecule has 2 aliphatic rings. The number of carbonyl (C=O) groups excluding carboxylic acids is 1. The molecule has 1 saturated carbocycles. The van der Waals surface area contributed by atoms with E-state index < -0.39 is 6.09 Å². The van der Waals surface area contributed by atoms with Gasteiger partial charge in [-0.3, -0.25) is 0 Å². The summed E-state index contributed by atoms with van der Waals surface area (Å²) in [6.07, 6.45) is 3.66. The Labute approximate surface area is 198 Å².